The summed E-state index contributed by atoms with van der Waals surface area (Å²) in [5.41, 5.74) is 1.83. The van der Waals surface area contributed by atoms with Crippen LogP contribution in [0.25, 0.3) is 0 Å². The van der Waals surface area contributed by atoms with Crippen LogP contribution in [0, 0.1) is 0 Å². The summed E-state index contributed by atoms with van der Waals surface area (Å²) in [6.45, 7) is 0.759. The van der Waals surface area contributed by atoms with E-state index in [0.717, 1.165) is 17.4 Å². The molecular formula is C20H19NO5S. The molecule has 27 heavy (non-hydrogen) atoms. The molecule has 0 fully saturated rings. The molecular weight excluding hydrogens is 366 g/mol. The summed E-state index contributed by atoms with van der Waals surface area (Å²) in [5.74, 6) is 0.275. The Morgan fingerprint density at radius 2 is 1.56 bits per heavy atom. The fourth-order valence-electron chi connectivity index (χ4n) is 2.60. The summed E-state index contributed by atoms with van der Waals surface area (Å²) in [5, 5.41) is 0. The number of furan rings is 1. The van der Waals surface area contributed by atoms with Crippen LogP contribution in [0.1, 0.15) is 21.7 Å². The summed E-state index contributed by atoms with van der Waals surface area (Å²) in [6, 6.07) is 19.5. The van der Waals surface area contributed by atoms with Gasteiger partial charge in [0.25, 0.3) is 5.91 Å². The normalized spacial score (nSPS) is 11.1. The molecule has 7 heteroatoms. The minimum Gasteiger partial charge on any atom is -0.459 e. The lowest BCUT2D eigenvalue weighted by Gasteiger charge is -2.22. The maximum Gasteiger partial charge on any atom is 0.306 e. The van der Waals surface area contributed by atoms with Gasteiger partial charge in [-0.15, -0.1) is 0 Å². The summed E-state index contributed by atoms with van der Waals surface area (Å²) in [7, 11) is -3.57. The van der Waals surface area contributed by atoms with E-state index in [1.165, 1.54) is 6.26 Å². The molecule has 6 nitrogen and oxygen atoms in total. The Bertz CT molecular complexity index is 981. The zero-order chi connectivity index (χ0) is 19.3. The van der Waals surface area contributed by atoms with E-state index in [9.17, 15) is 13.2 Å². The van der Waals surface area contributed by atoms with Gasteiger partial charge in [-0.25, -0.2) is 0 Å². The largest absolute Gasteiger partial charge is 0.459 e. The molecule has 3 aromatic rings. The Kier molecular flexibility index (Phi) is 5.61. The van der Waals surface area contributed by atoms with Crippen LogP contribution in [0.15, 0.2) is 77.4 Å². The number of nitrogens with zero attached hydrogens (tertiary/aromatic N) is 1. The van der Waals surface area contributed by atoms with E-state index in [1.54, 1.807) is 41.3 Å². The molecule has 0 unspecified atom stereocenters. The van der Waals surface area contributed by atoms with Gasteiger partial charge in [-0.05, 0) is 35.4 Å². The monoisotopic (exact) mass is 385 g/mol. The van der Waals surface area contributed by atoms with Gasteiger partial charge >= 0.3 is 10.1 Å². The van der Waals surface area contributed by atoms with Crippen LogP contribution < -0.4 is 4.18 Å². The van der Waals surface area contributed by atoms with Gasteiger partial charge in [0.05, 0.1) is 12.5 Å². The average molecular weight is 385 g/mol. The van der Waals surface area contributed by atoms with Crippen molar-refractivity contribution in [1.82, 2.24) is 4.90 Å². The SMILES string of the molecule is CS(=O)(=O)Oc1ccc(CN(Cc2ccccc2)C(=O)c2ccco2)cc1. The van der Waals surface area contributed by atoms with Crippen LogP contribution in [-0.4, -0.2) is 25.5 Å². The molecule has 3 rings (SSSR count). The quantitative estimate of drug-likeness (QED) is 0.582. The van der Waals surface area contributed by atoms with E-state index < -0.39 is 10.1 Å². The third-order valence-electron chi connectivity index (χ3n) is 3.78. The van der Waals surface area contributed by atoms with Crippen LogP contribution in [0.3, 0.4) is 0 Å². The first-order valence-electron chi connectivity index (χ1n) is 8.26. The minimum atomic E-state index is -3.57. The number of carbonyl (C=O) groups is 1. The van der Waals surface area contributed by atoms with Crippen molar-refractivity contribution in [3.8, 4) is 5.75 Å². The lowest BCUT2D eigenvalue weighted by atomic mass is 10.1. The maximum atomic E-state index is 12.8. The molecule has 0 radical (unpaired) electrons. The molecule has 0 atom stereocenters. The highest BCUT2D eigenvalue weighted by Gasteiger charge is 2.19. The summed E-state index contributed by atoms with van der Waals surface area (Å²) < 4.78 is 32.5. The molecule has 0 aliphatic heterocycles. The number of amides is 1. The molecule has 140 valence electrons. The third-order valence-corrected chi connectivity index (χ3v) is 4.28. The van der Waals surface area contributed by atoms with Crippen molar-refractivity contribution in [1.29, 1.82) is 0 Å². The Morgan fingerprint density at radius 1 is 0.926 bits per heavy atom. The lowest BCUT2D eigenvalue weighted by molar-refractivity contribution is 0.0697. The molecule has 1 heterocycles. The highest BCUT2D eigenvalue weighted by Crippen LogP contribution is 2.18. The molecule has 1 aromatic heterocycles. The third kappa shape index (κ3) is 5.46. The maximum absolute atomic E-state index is 12.8. The highest BCUT2D eigenvalue weighted by atomic mass is 32.2. The van der Waals surface area contributed by atoms with Crippen molar-refractivity contribution in [3.63, 3.8) is 0 Å². The van der Waals surface area contributed by atoms with Crippen molar-refractivity contribution in [2.75, 3.05) is 6.26 Å². The van der Waals surface area contributed by atoms with E-state index in [0.29, 0.717) is 13.1 Å². The van der Waals surface area contributed by atoms with Crippen LogP contribution in [0.5, 0.6) is 5.75 Å². The Morgan fingerprint density at radius 3 is 2.11 bits per heavy atom. The van der Waals surface area contributed by atoms with E-state index >= 15 is 0 Å². The van der Waals surface area contributed by atoms with Gasteiger partial charge in [-0.1, -0.05) is 42.5 Å². The standard InChI is InChI=1S/C20H19NO5S/c1-27(23,24)26-18-11-9-17(10-12-18)15-21(14-16-6-3-2-4-7-16)20(22)19-8-5-13-25-19/h2-13H,14-15H2,1H3. The number of rotatable bonds is 7. The van der Waals surface area contributed by atoms with Gasteiger partial charge in [-0.2, -0.15) is 8.42 Å². The zero-order valence-electron chi connectivity index (χ0n) is 14.7. The van der Waals surface area contributed by atoms with Gasteiger partial charge in [0.2, 0.25) is 0 Å². The average Bonchev–Trinajstić information content (AvgIpc) is 3.16. The predicted molar refractivity (Wildman–Crippen MR) is 101 cm³/mol. The van der Waals surface area contributed by atoms with Crippen molar-refractivity contribution >= 4 is 16.0 Å². The Balaban J connectivity index is 1.79. The molecule has 1 amide bonds. The Hall–Kier alpha value is -3.06. The first-order chi connectivity index (χ1) is 12.9. The molecule has 0 bridgehead atoms. The topological polar surface area (TPSA) is 76.8 Å². The number of carbonyl (C=O) groups excluding carboxylic acids is 1. The van der Waals surface area contributed by atoms with Gasteiger partial charge in [0.15, 0.2) is 5.76 Å². The van der Waals surface area contributed by atoms with Crippen LogP contribution in [0.2, 0.25) is 0 Å². The second-order valence-corrected chi connectivity index (χ2v) is 7.63. The fourth-order valence-corrected chi connectivity index (χ4v) is 3.07. The van der Waals surface area contributed by atoms with Crippen molar-refractivity contribution in [2.45, 2.75) is 13.1 Å². The molecule has 0 aliphatic carbocycles. The van der Waals surface area contributed by atoms with Gasteiger partial charge in [0, 0.05) is 13.1 Å². The molecule has 0 saturated heterocycles. The van der Waals surface area contributed by atoms with E-state index in [4.69, 9.17) is 8.60 Å². The number of hydrogen-bond donors (Lipinski definition) is 0. The Labute approximate surface area is 158 Å². The first kappa shape index (κ1) is 18.7. The predicted octanol–water partition coefficient (Wildman–Crippen LogP) is 3.46. The molecule has 0 N–H and O–H groups in total. The smallest absolute Gasteiger partial charge is 0.306 e. The van der Waals surface area contributed by atoms with E-state index in [-0.39, 0.29) is 17.4 Å². The lowest BCUT2D eigenvalue weighted by Crippen LogP contribution is -2.29. The van der Waals surface area contributed by atoms with Crippen molar-refractivity contribution in [3.05, 3.63) is 89.9 Å². The van der Waals surface area contributed by atoms with Gasteiger partial charge in [0.1, 0.15) is 5.75 Å². The highest BCUT2D eigenvalue weighted by molar-refractivity contribution is 7.86. The molecule has 0 spiro atoms. The zero-order valence-corrected chi connectivity index (χ0v) is 15.6. The summed E-state index contributed by atoms with van der Waals surface area (Å²) >= 11 is 0. The van der Waals surface area contributed by atoms with E-state index in [1.807, 2.05) is 30.3 Å². The van der Waals surface area contributed by atoms with Gasteiger partial charge < -0.3 is 13.5 Å². The molecule has 0 aliphatic rings. The summed E-state index contributed by atoms with van der Waals surface area (Å²) in [4.78, 5) is 14.5. The second-order valence-electron chi connectivity index (χ2n) is 6.06. The van der Waals surface area contributed by atoms with Crippen LogP contribution >= 0.6 is 0 Å². The van der Waals surface area contributed by atoms with Crippen LogP contribution in [0.4, 0.5) is 0 Å². The number of benzene rings is 2. The van der Waals surface area contributed by atoms with Gasteiger partial charge in [-0.3, -0.25) is 4.79 Å². The number of hydrogen-bond acceptors (Lipinski definition) is 5. The fraction of sp³-hybridized carbons (Fsp3) is 0.150. The second kappa shape index (κ2) is 8.09. The minimum absolute atomic E-state index is 0.222. The molecule has 2 aromatic carbocycles. The molecule has 0 saturated carbocycles. The summed E-state index contributed by atoms with van der Waals surface area (Å²) in [6.07, 6.45) is 2.45. The first-order valence-corrected chi connectivity index (χ1v) is 10.1. The van der Waals surface area contributed by atoms with Crippen molar-refractivity contribution < 1.29 is 21.8 Å². The van der Waals surface area contributed by atoms with Crippen LogP contribution in [-0.2, 0) is 23.2 Å². The van der Waals surface area contributed by atoms with E-state index in [2.05, 4.69) is 0 Å². The van der Waals surface area contributed by atoms with Crippen molar-refractivity contribution in [2.24, 2.45) is 0 Å².